The Bertz CT molecular complexity index is 1370. The highest BCUT2D eigenvalue weighted by atomic mass is 16.6. The van der Waals surface area contributed by atoms with Crippen LogP contribution >= 0.6 is 0 Å². The van der Waals surface area contributed by atoms with E-state index >= 15 is 0 Å². The number of carbonyl (C=O) groups excluding carboxylic acids is 3. The van der Waals surface area contributed by atoms with Crippen molar-refractivity contribution in [2.24, 2.45) is 0 Å². The lowest BCUT2D eigenvalue weighted by molar-refractivity contribution is -0.167. The quantitative estimate of drug-likeness (QED) is 0.0261. The number of esters is 3. The molecule has 0 spiro atoms. The van der Waals surface area contributed by atoms with Crippen molar-refractivity contribution in [3.05, 3.63) is 85.1 Å². The third-order valence-corrected chi connectivity index (χ3v) is 12.9. The van der Waals surface area contributed by atoms with Gasteiger partial charge in [-0.2, -0.15) is 0 Å². The van der Waals surface area contributed by atoms with Gasteiger partial charge in [-0.1, -0.05) is 247 Å². The number of hydrogen-bond donors (Lipinski definition) is 0. The third-order valence-electron chi connectivity index (χ3n) is 12.9. The topological polar surface area (TPSA) is 78.9 Å². The van der Waals surface area contributed by atoms with Gasteiger partial charge >= 0.3 is 17.9 Å². The Kier molecular flexibility index (Phi) is 56.3. The average molecular weight is 990 g/mol. The summed E-state index contributed by atoms with van der Waals surface area (Å²) in [6.45, 7) is 6.49. The van der Waals surface area contributed by atoms with Gasteiger partial charge in [0, 0.05) is 19.3 Å². The van der Waals surface area contributed by atoms with E-state index in [1.165, 1.54) is 148 Å². The van der Waals surface area contributed by atoms with Crippen molar-refractivity contribution in [3.8, 4) is 0 Å². The number of ether oxygens (including phenoxy) is 3. The van der Waals surface area contributed by atoms with Crippen LogP contribution in [0.1, 0.15) is 290 Å². The summed E-state index contributed by atoms with van der Waals surface area (Å²) in [6.07, 6.45) is 77.2. The van der Waals surface area contributed by atoms with Crippen molar-refractivity contribution in [2.45, 2.75) is 297 Å². The zero-order chi connectivity index (χ0) is 51.4. The van der Waals surface area contributed by atoms with Crippen LogP contribution in [0.5, 0.6) is 0 Å². The lowest BCUT2D eigenvalue weighted by Gasteiger charge is -2.18. The summed E-state index contributed by atoms with van der Waals surface area (Å²) in [5, 5.41) is 0. The van der Waals surface area contributed by atoms with E-state index in [4.69, 9.17) is 14.2 Å². The van der Waals surface area contributed by atoms with E-state index in [1.54, 1.807) is 0 Å². The fourth-order valence-corrected chi connectivity index (χ4v) is 8.33. The summed E-state index contributed by atoms with van der Waals surface area (Å²) in [4.78, 5) is 38.2. The Balaban J connectivity index is 4.30. The van der Waals surface area contributed by atoms with Gasteiger partial charge < -0.3 is 14.2 Å². The van der Waals surface area contributed by atoms with Crippen LogP contribution < -0.4 is 0 Å². The Labute approximate surface area is 439 Å². The zero-order valence-corrected chi connectivity index (χ0v) is 46.7. The van der Waals surface area contributed by atoms with Gasteiger partial charge in [0.05, 0.1) is 0 Å². The predicted octanol–water partition coefficient (Wildman–Crippen LogP) is 20.3. The van der Waals surface area contributed by atoms with Gasteiger partial charge in [-0.15, -0.1) is 0 Å². The van der Waals surface area contributed by atoms with E-state index in [9.17, 15) is 14.4 Å². The molecule has 0 bridgehead atoms. The monoisotopic (exact) mass is 989 g/mol. The largest absolute Gasteiger partial charge is 0.462 e. The summed E-state index contributed by atoms with van der Waals surface area (Å²) < 4.78 is 16.9. The van der Waals surface area contributed by atoms with E-state index in [1.807, 2.05) is 0 Å². The highest BCUT2D eigenvalue weighted by Gasteiger charge is 2.19. The van der Waals surface area contributed by atoms with E-state index in [0.717, 1.165) is 103 Å². The summed E-state index contributed by atoms with van der Waals surface area (Å²) in [6, 6.07) is 0. The fourth-order valence-electron chi connectivity index (χ4n) is 8.33. The Hall–Kier alpha value is -3.41. The number of allylic oxidation sites excluding steroid dienone is 14. The molecule has 0 N–H and O–H groups in total. The molecule has 0 fully saturated rings. The van der Waals surface area contributed by atoms with Gasteiger partial charge in [-0.05, 0) is 109 Å². The number of carbonyl (C=O) groups is 3. The maximum Gasteiger partial charge on any atom is 0.306 e. The molecule has 0 aliphatic heterocycles. The van der Waals surface area contributed by atoms with Crippen LogP contribution in [0, 0.1) is 0 Å². The van der Waals surface area contributed by atoms with E-state index in [-0.39, 0.29) is 31.1 Å². The first-order valence-corrected chi connectivity index (χ1v) is 30.1. The lowest BCUT2D eigenvalue weighted by Crippen LogP contribution is -2.30. The first-order chi connectivity index (χ1) is 35.0. The molecule has 71 heavy (non-hydrogen) atoms. The van der Waals surface area contributed by atoms with Crippen molar-refractivity contribution in [3.63, 3.8) is 0 Å². The molecule has 0 aliphatic rings. The van der Waals surface area contributed by atoms with E-state index in [2.05, 4.69) is 106 Å². The minimum absolute atomic E-state index is 0.0833. The molecule has 0 aliphatic carbocycles. The number of unbranched alkanes of at least 4 members (excludes halogenated alkanes) is 29. The minimum atomic E-state index is -0.785. The summed E-state index contributed by atoms with van der Waals surface area (Å²) in [5.41, 5.74) is 0. The molecule has 6 heteroatoms. The van der Waals surface area contributed by atoms with Crippen molar-refractivity contribution in [2.75, 3.05) is 13.2 Å². The van der Waals surface area contributed by atoms with E-state index < -0.39 is 6.10 Å². The molecular weight excluding hydrogens is 877 g/mol. The molecule has 0 saturated carbocycles. The highest BCUT2D eigenvalue weighted by Crippen LogP contribution is 2.15. The number of rotatable bonds is 54. The van der Waals surface area contributed by atoms with Crippen LogP contribution in [-0.4, -0.2) is 37.2 Å². The molecule has 0 amide bonds. The summed E-state index contributed by atoms with van der Waals surface area (Å²) in [7, 11) is 0. The van der Waals surface area contributed by atoms with Gasteiger partial charge in [-0.3, -0.25) is 14.4 Å². The summed E-state index contributed by atoms with van der Waals surface area (Å²) in [5.74, 6) is -0.896. The molecule has 0 rings (SSSR count). The van der Waals surface area contributed by atoms with Crippen molar-refractivity contribution in [1.29, 1.82) is 0 Å². The maximum atomic E-state index is 12.9. The normalized spacial score (nSPS) is 12.7. The molecule has 1 atom stereocenters. The van der Waals surface area contributed by atoms with Crippen LogP contribution in [0.3, 0.4) is 0 Å². The average Bonchev–Trinajstić information content (AvgIpc) is 3.37. The minimum Gasteiger partial charge on any atom is -0.462 e. The van der Waals surface area contributed by atoms with Gasteiger partial charge in [0.1, 0.15) is 13.2 Å². The predicted molar refractivity (Wildman–Crippen MR) is 307 cm³/mol. The third kappa shape index (κ3) is 57.4. The molecule has 0 radical (unpaired) electrons. The Morgan fingerprint density at radius 1 is 0.296 bits per heavy atom. The van der Waals surface area contributed by atoms with Crippen LogP contribution in [0.4, 0.5) is 0 Å². The van der Waals surface area contributed by atoms with Crippen LogP contribution in [0.2, 0.25) is 0 Å². The fraction of sp³-hybridized carbons (Fsp3) is 0.738. The molecule has 6 nitrogen and oxygen atoms in total. The van der Waals surface area contributed by atoms with Gasteiger partial charge in [0.15, 0.2) is 6.10 Å². The second kappa shape index (κ2) is 59.2. The second-order valence-corrected chi connectivity index (χ2v) is 19.9. The summed E-state index contributed by atoms with van der Waals surface area (Å²) >= 11 is 0. The van der Waals surface area contributed by atoms with Crippen molar-refractivity contribution < 1.29 is 28.6 Å². The van der Waals surface area contributed by atoms with Crippen LogP contribution in [0.25, 0.3) is 0 Å². The molecule has 408 valence electrons. The molecule has 1 unspecified atom stereocenters. The Morgan fingerprint density at radius 2 is 0.563 bits per heavy atom. The molecule has 0 aromatic heterocycles. The van der Waals surface area contributed by atoms with Crippen molar-refractivity contribution in [1.82, 2.24) is 0 Å². The van der Waals surface area contributed by atoms with Crippen molar-refractivity contribution >= 4 is 17.9 Å². The molecule has 0 saturated heterocycles. The first-order valence-electron chi connectivity index (χ1n) is 30.1. The second-order valence-electron chi connectivity index (χ2n) is 19.9. The van der Waals surface area contributed by atoms with Gasteiger partial charge in [0.2, 0.25) is 0 Å². The maximum absolute atomic E-state index is 12.9. The van der Waals surface area contributed by atoms with E-state index in [0.29, 0.717) is 19.3 Å². The smallest absolute Gasteiger partial charge is 0.306 e. The zero-order valence-electron chi connectivity index (χ0n) is 46.7. The Morgan fingerprint density at radius 3 is 0.915 bits per heavy atom. The number of hydrogen-bond acceptors (Lipinski definition) is 6. The van der Waals surface area contributed by atoms with Gasteiger partial charge in [0.25, 0.3) is 0 Å². The van der Waals surface area contributed by atoms with Gasteiger partial charge in [-0.25, -0.2) is 0 Å². The molecular formula is C65H112O6. The first kappa shape index (κ1) is 67.6. The van der Waals surface area contributed by atoms with Crippen LogP contribution in [0.15, 0.2) is 85.1 Å². The highest BCUT2D eigenvalue weighted by molar-refractivity contribution is 5.71. The lowest BCUT2D eigenvalue weighted by atomic mass is 10.1. The SMILES string of the molecule is CC/C=C\C/C=C\C/C=C\C/C=C\C/C=C\CCCCCCCCCCCC(=O)OCC(COC(=O)CCCCCCC/C=C\CCCC)OC(=O)CCCCCCCCC/C=C\CCCCCCCC. The molecule has 0 aromatic rings. The molecule has 0 aromatic carbocycles. The molecule has 0 heterocycles. The van der Waals surface area contributed by atoms with Crippen LogP contribution in [-0.2, 0) is 28.6 Å². The standard InChI is InChI=1S/C65H112O6/c1-4-7-10-13-16-19-22-24-26-28-29-30-31-32-33-34-35-37-38-40-43-46-49-52-55-58-64(67)70-61-62(60-69-63(66)57-54-51-48-45-42-21-18-15-12-9-6-3)71-65(68)59-56-53-50-47-44-41-39-36-27-25-23-20-17-14-11-8-5-2/h7,10,15-16,18-19,24-27,29-30,32-33,62H,4-6,8-9,11-14,17,20-23,28,31,34-61H2,1-3H3/b10-7-,18-15-,19-16-,26-24-,27-25-,30-29-,33-32-.